The largest absolute Gasteiger partial charge is 0.444 e. The average Bonchev–Trinajstić information content (AvgIpc) is 2.79. The molecule has 7 heteroatoms. The van der Waals surface area contributed by atoms with E-state index >= 15 is 0 Å². The fourth-order valence-corrected chi connectivity index (χ4v) is 4.01. The summed E-state index contributed by atoms with van der Waals surface area (Å²) in [4.78, 5) is 41.9. The van der Waals surface area contributed by atoms with Crippen LogP contribution in [0.2, 0.25) is 0 Å². The summed E-state index contributed by atoms with van der Waals surface area (Å²) in [6, 6.07) is 11.4. The number of ether oxygens (including phenoxy) is 1. The van der Waals surface area contributed by atoms with Crippen molar-refractivity contribution in [2.45, 2.75) is 73.1 Å². The maximum Gasteiger partial charge on any atom is 0.408 e. The predicted molar refractivity (Wildman–Crippen MR) is 148 cm³/mol. The summed E-state index contributed by atoms with van der Waals surface area (Å²) in [6.45, 7) is 18.7. The van der Waals surface area contributed by atoms with Crippen LogP contribution in [0.1, 0.15) is 62.9 Å². The summed E-state index contributed by atoms with van der Waals surface area (Å²) < 4.78 is 5.40. The second kappa shape index (κ2) is 12.6. The van der Waals surface area contributed by atoms with Crippen molar-refractivity contribution in [2.75, 3.05) is 11.9 Å². The highest BCUT2D eigenvalue weighted by Crippen LogP contribution is 2.28. The van der Waals surface area contributed by atoms with Gasteiger partial charge in [-0.25, -0.2) is 4.79 Å². The van der Waals surface area contributed by atoms with E-state index in [4.69, 9.17) is 4.74 Å². The number of carbonyl (C=O) groups excluding carboxylic acids is 3. The maximum absolute atomic E-state index is 14.0. The lowest BCUT2D eigenvalue weighted by atomic mass is 9.98. The minimum Gasteiger partial charge on any atom is -0.444 e. The van der Waals surface area contributed by atoms with Crippen molar-refractivity contribution in [3.05, 3.63) is 77.4 Å². The third-order valence-corrected chi connectivity index (χ3v) is 5.90. The Morgan fingerprint density at radius 2 is 1.57 bits per heavy atom. The zero-order valence-electron chi connectivity index (χ0n) is 23.3. The number of benzene rings is 2. The van der Waals surface area contributed by atoms with E-state index in [-0.39, 0.29) is 18.4 Å². The normalized spacial score (nSPS) is 12.9. The summed E-state index contributed by atoms with van der Waals surface area (Å²) in [6.07, 6.45) is 0.890. The van der Waals surface area contributed by atoms with E-state index in [1.165, 1.54) is 4.90 Å². The fourth-order valence-electron chi connectivity index (χ4n) is 4.01. The van der Waals surface area contributed by atoms with Gasteiger partial charge in [-0.1, -0.05) is 68.0 Å². The van der Waals surface area contributed by atoms with Crippen LogP contribution < -0.4 is 10.6 Å². The first kappa shape index (κ1) is 29.6. The molecule has 2 N–H and O–H groups in total. The molecule has 0 aliphatic rings. The highest BCUT2D eigenvalue weighted by atomic mass is 16.6. The van der Waals surface area contributed by atoms with Crippen molar-refractivity contribution in [1.82, 2.24) is 10.2 Å². The van der Waals surface area contributed by atoms with Crippen LogP contribution in [0.5, 0.6) is 0 Å². The molecule has 0 fully saturated rings. The lowest BCUT2D eigenvalue weighted by molar-refractivity contribution is -0.141. The average molecular weight is 508 g/mol. The predicted octanol–water partition coefficient (Wildman–Crippen LogP) is 5.86. The number of para-hydroxylation sites is 1. The maximum atomic E-state index is 14.0. The molecule has 200 valence electrons. The lowest BCUT2D eigenvalue weighted by Gasteiger charge is -2.35. The Morgan fingerprint density at radius 3 is 2.05 bits per heavy atom. The van der Waals surface area contributed by atoms with E-state index < -0.39 is 29.7 Å². The number of nitrogens with zero attached hydrogens (tertiary/aromatic N) is 1. The first-order chi connectivity index (χ1) is 17.2. The number of hydrogen-bond acceptors (Lipinski definition) is 4. The molecule has 0 bridgehead atoms. The lowest BCUT2D eigenvalue weighted by Crippen LogP contribution is -2.54. The topological polar surface area (TPSA) is 87.7 Å². The van der Waals surface area contributed by atoms with Crippen LogP contribution in [-0.2, 0) is 14.3 Å². The first-order valence-corrected chi connectivity index (χ1v) is 12.6. The smallest absolute Gasteiger partial charge is 0.408 e. The molecule has 0 aliphatic carbocycles. The van der Waals surface area contributed by atoms with E-state index in [0.717, 1.165) is 16.7 Å². The molecule has 2 rings (SSSR count). The number of anilines is 1. The van der Waals surface area contributed by atoms with Gasteiger partial charge in [0, 0.05) is 12.2 Å². The summed E-state index contributed by atoms with van der Waals surface area (Å²) in [5, 5.41) is 5.76. The molecule has 0 aromatic heterocycles. The third kappa shape index (κ3) is 8.20. The molecule has 0 radical (unpaired) electrons. The van der Waals surface area contributed by atoms with Crippen molar-refractivity contribution >= 4 is 23.6 Å². The van der Waals surface area contributed by atoms with Gasteiger partial charge in [0.1, 0.15) is 17.7 Å². The molecule has 2 unspecified atom stereocenters. The number of aryl methyl sites for hydroxylation is 3. The first-order valence-electron chi connectivity index (χ1n) is 12.6. The molecular weight excluding hydrogens is 466 g/mol. The SMILES string of the molecule is C=CCN(C(=O)C(NC(=O)OC(C)(C)C)C(C)C)C(C(=O)Nc1c(C)cccc1C)c1ccc(C)cc1. The zero-order chi connectivity index (χ0) is 27.9. The van der Waals surface area contributed by atoms with E-state index in [2.05, 4.69) is 17.2 Å². The Balaban J connectivity index is 2.52. The van der Waals surface area contributed by atoms with Crippen molar-refractivity contribution < 1.29 is 19.1 Å². The molecule has 0 spiro atoms. The Bertz CT molecular complexity index is 1100. The molecule has 0 aliphatic heterocycles. The summed E-state index contributed by atoms with van der Waals surface area (Å²) in [5.74, 6) is -1.01. The van der Waals surface area contributed by atoms with E-state index in [9.17, 15) is 14.4 Å². The van der Waals surface area contributed by atoms with Crippen LogP contribution in [0, 0.1) is 26.7 Å². The minimum absolute atomic E-state index is 0.108. The molecule has 37 heavy (non-hydrogen) atoms. The molecule has 2 aromatic carbocycles. The monoisotopic (exact) mass is 507 g/mol. The van der Waals surface area contributed by atoms with E-state index in [1.54, 1.807) is 26.8 Å². The molecule has 0 saturated heterocycles. The second-order valence-corrected chi connectivity index (χ2v) is 10.7. The number of rotatable bonds is 9. The summed E-state index contributed by atoms with van der Waals surface area (Å²) in [5.41, 5.74) is 3.53. The van der Waals surface area contributed by atoms with Gasteiger partial charge in [-0.15, -0.1) is 6.58 Å². The van der Waals surface area contributed by atoms with Gasteiger partial charge in [0.05, 0.1) is 0 Å². The number of carbonyl (C=O) groups is 3. The van der Waals surface area contributed by atoms with Crippen molar-refractivity contribution in [2.24, 2.45) is 5.92 Å². The van der Waals surface area contributed by atoms with Crippen LogP contribution in [0.4, 0.5) is 10.5 Å². The Hall–Kier alpha value is -3.61. The van der Waals surface area contributed by atoms with Gasteiger partial charge in [0.2, 0.25) is 5.91 Å². The number of amides is 3. The number of nitrogens with one attached hydrogen (secondary N) is 2. The molecule has 0 heterocycles. The Labute approximate surface area is 221 Å². The minimum atomic E-state index is -0.952. The van der Waals surface area contributed by atoms with Crippen molar-refractivity contribution in [1.29, 1.82) is 0 Å². The van der Waals surface area contributed by atoms with Crippen LogP contribution in [0.25, 0.3) is 0 Å². The Morgan fingerprint density at radius 1 is 1.00 bits per heavy atom. The quantitative estimate of drug-likeness (QED) is 0.417. The highest BCUT2D eigenvalue weighted by Gasteiger charge is 2.37. The molecule has 0 saturated carbocycles. The van der Waals surface area contributed by atoms with Crippen molar-refractivity contribution in [3.63, 3.8) is 0 Å². The Kier molecular flexibility index (Phi) is 10.1. The molecule has 2 atom stereocenters. The highest BCUT2D eigenvalue weighted by molar-refractivity contribution is 6.00. The third-order valence-electron chi connectivity index (χ3n) is 5.90. The van der Waals surface area contributed by atoms with Gasteiger partial charge >= 0.3 is 6.09 Å². The van der Waals surface area contributed by atoms with Gasteiger partial charge in [0.15, 0.2) is 0 Å². The van der Waals surface area contributed by atoms with Crippen LogP contribution in [-0.4, -0.2) is 41.0 Å². The van der Waals surface area contributed by atoms with Crippen LogP contribution in [0.3, 0.4) is 0 Å². The standard InChI is InChI=1S/C30H41N3O4/c1-10-18-33(28(35)24(19(2)3)32-29(36)37-30(7,8)9)26(23-16-14-20(4)15-17-23)27(34)31-25-21(5)12-11-13-22(25)6/h10-17,19,24,26H,1,18H2,2-9H3,(H,31,34)(H,32,36). The van der Waals surface area contributed by atoms with E-state index in [1.807, 2.05) is 77.1 Å². The van der Waals surface area contributed by atoms with Crippen molar-refractivity contribution in [3.8, 4) is 0 Å². The van der Waals surface area contributed by atoms with Gasteiger partial charge in [-0.05, 0) is 64.2 Å². The molecule has 3 amide bonds. The zero-order valence-corrected chi connectivity index (χ0v) is 23.3. The summed E-state index contributed by atoms with van der Waals surface area (Å²) >= 11 is 0. The van der Waals surface area contributed by atoms with Crippen LogP contribution >= 0.6 is 0 Å². The number of hydrogen-bond donors (Lipinski definition) is 2. The van der Waals surface area contributed by atoms with Gasteiger partial charge in [-0.3, -0.25) is 9.59 Å². The molecule has 7 nitrogen and oxygen atoms in total. The second-order valence-electron chi connectivity index (χ2n) is 10.7. The van der Waals surface area contributed by atoms with Crippen LogP contribution in [0.15, 0.2) is 55.1 Å². The molecular formula is C30H41N3O4. The van der Waals surface area contributed by atoms with Gasteiger partial charge in [0.25, 0.3) is 5.91 Å². The fraction of sp³-hybridized carbons (Fsp3) is 0.433. The number of alkyl carbamates (subject to hydrolysis) is 1. The van der Waals surface area contributed by atoms with Gasteiger partial charge < -0.3 is 20.3 Å². The van der Waals surface area contributed by atoms with Gasteiger partial charge in [-0.2, -0.15) is 0 Å². The van der Waals surface area contributed by atoms with E-state index in [0.29, 0.717) is 11.3 Å². The summed E-state index contributed by atoms with van der Waals surface area (Å²) in [7, 11) is 0. The molecule has 2 aromatic rings.